The third-order valence-corrected chi connectivity index (χ3v) is 27.9. The van der Waals surface area contributed by atoms with Crippen molar-refractivity contribution in [2.24, 2.45) is 0 Å². The lowest BCUT2D eigenvalue weighted by molar-refractivity contribution is -0.329. The second kappa shape index (κ2) is 34.8. The number of unbranched alkanes of at least 4 members (excludes halogenated alkanes) is 11. The summed E-state index contributed by atoms with van der Waals surface area (Å²) in [5.41, 5.74) is 4.76. The molecule has 1 N–H and O–H groups in total. The lowest BCUT2D eigenvalue weighted by Crippen LogP contribution is -2.63. The molecule has 470 valence electrons. The first-order valence-corrected chi connectivity index (χ1v) is 39.2. The van der Waals surface area contributed by atoms with Crippen molar-refractivity contribution in [2.45, 2.75) is 255 Å². The van der Waals surface area contributed by atoms with Crippen molar-refractivity contribution in [3.8, 4) is 0 Å². The summed E-state index contributed by atoms with van der Waals surface area (Å²) in [4.78, 5) is 0.160. The Kier molecular flexibility index (Phi) is 28.7. The van der Waals surface area contributed by atoms with E-state index in [4.69, 9.17) is 37.3 Å². The maximum atomic E-state index is 15.2. The van der Waals surface area contributed by atoms with E-state index in [-0.39, 0.29) is 48.0 Å². The van der Waals surface area contributed by atoms with Gasteiger partial charge in [-0.1, -0.05) is 259 Å². The molecule has 8 atom stereocenters. The van der Waals surface area contributed by atoms with Gasteiger partial charge in [-0.15, -0.1) is 0 Å². The van der Waals surface area contributed by atoms with Crippen LogP contribution in [0.15, 0.2) is 150 Å². The average Bonchev–Trinajstić information content (AvgIpc) is 2.24. The van der Waals surface area contributed by atoms with Crippen LogP contribution in [0.4, 0.5) is 0 Å². The second-order valence-corrected chi connectivity index (χ2v) is 37.9. The first-order valence-electron chi connectivity index (χ1n) is 31.9. The van der Waals surface area contributed by atoms with Gasteiger partial charge in [0.25, 0.3) is 0 Å². The van der Waals surface area contributed by atoms with Gasteiger partial charge in [0.1, 0.15) is 24.4 Å². The van der Waals surface area contributed by atoms with Crippen LogP contribution in [0.1, 0.15) is 160 Å². The lowest BCUT2D eigenvalue weighted by atomic mass is 9.97. The van der Waals surface area contributed by atoms with Gasteiger partial charge in [0.2, 0.25) is 10.0 Å². The molecule has 0 spiro atoms. The van der Waals surface area contributed by atoms with Gasteiger partial charge in [-0.3, -0.25) is 0 Å². The molecular weight excluding hydrogens is 1120 g/mol. The van der Waals surface area contributed by atoms with Crippen molar-refractivity contribution in [2.75, 3.05) is 13.2 Å². The first kappa shape index (κ1) is 70.2. The Morgan fingerprint density at radius 3 is 1.42 bits per heavy atom. The SMILES string of the molecule is CCCCCCCCCCCCCC[C@@H](O[Si](C)(C)C(C)(C)C)[C@@H](O[Si](C)(C)C(C)(C)C)[C@H](CO[C@H]1OC(COCc2ccccc2)[C@H](OCc2ccccc2)[C@@H](OCc2ccccc2)C1OCc1ccccc1)NS(=O)(=O)c1cccc(C)c1. The van der Waals surface area contributed by atoms with E-state index in [1.54, 1.807) is 18.2 Å². The fourth-order valence-corrected chi connectivity index (χ4v) is 14.3. The Morgan fingerprint density at radius 2 is 0.953 bits per heavy atom. The van der Waals surface area contributed by atoms with Gasteiger partial charge in [-0.2, -0.15) is 0 Å². The molecule has 0 radical (unpaired) electrons. The molecule has 0 aliphatic carbocycles. The van der Waals surface area contributed by atoms with Crippen LogP contribution in [0, 0.1) is 6.92 Å². The fraction of sp³-hybridized carbons (Fsp3) is 0.577. The van der Waals surface area contributed by atoms with Crippen molar-refractivity contribution in [3.63, 3.8) is 0 Å². The van der Waals surface area contributed by atoms with Gasteiger partial charge < -0.3 is 37.3 Å². The molecule has 1 heterocycles. The highest BCUT2D eigenvalue weighted by Crippen LogP contribution is 2.42. The molecule has 0 aromatic heterocycles. The zero-order valence-electron chi connectivity index (χ0n) is 53.9. The van der Waals surface area contributed by atoms with E-state index in [9.17, 15) is 0 Å². The second-order valence-electron chi connectivity index (χ2n) is 26.6. The minimum atomic E-state index is -4.20. The topological polar surface area (TPSA) is 120 Å². The summed E-state index contributed by atoms with van der Waals surface area (Å²) in [6.07, 6.45) is 9.94. The smallest absolute Gasteiger partial charge is 0.240 e. The molecular formula is C71H107NO10SSi2. The number of hydrogen-bond acceptors (Lipinski definition) is 10. The molecule has 14 heteroatoms. The van der Waals surface area contributed by atoms with Crippen molar-refractivity contribution >= 4 is 26.7 Å². The third kappa shape index (κ3) is 23.2. The summed E-state index contributed by atoms with van der Waals surface area (Å²) in [6.45, 7) is 27.7. The molecule has 5 aromatic carbocycles. The van der Waals surface area contributed by atoms with E-state index in [2.05, 4.69) is 79.4 Å². The maximum Gasteiger partial charge on any atom is 0.240 e. The summed E-state index contributed by atoms with van der Waals surface area (Å²) < 4.78 is 91.4. The minimum Gasteiger partial charge on any atom is -0.411 e. The third-order valence-electron chi connectivity index (χ3n) is 17.5. The van der Waals surface area contributed by atoms with E-state index < -0.39 is 75.6 Å². The highest BCUT2D eigenvalue weighted by Gasteiger charge is 2.51. The summed E-state index contributed by atoms with van der Waals surface area (Å²) in [6, 6.07) is 46.3. The van der Waals surface area contributed by atoms with Crippen LogP contribution < -0.4 is 4.72 Å². The van der Waals surface area contributed by atoms with E-state index in [0.29, 0.717) is 13.0 Å². The van der Waals surface area contributed by atoms with Crippen LogP contribution in [-0.2, 0) is 73.7 Å². The molecule has 1 fully saturated rings. The minimum absolute atomic E-state index is 0.132. The Morgan fingerprint density at radius 1 is 0.518 bits per heavy atom. The average molecular weight is 1220 g/mol. The van der Waals surface area contributed by atoms with Gasteiger partial charge in [0, 0.05) is 0 Å². The molecule has 85 heavy (non-hydrogen) atoms. The molecule has 1 aliphatic heterocycles. The number of ether oxygens (including phenoxy) is 6. The normalized spacial score (nSPS) is 19.2. The van der Waals surface area contributed by atoms with E-state index in [1.165, 1.54) is 57.8 Å². The lowest BCUT2D eigenvalue weighted by Gasteiger charge is -2.48. The fourth-order valence-electron chi connectivity index (χ4n) is 10.3. The van der Waals surface area contributed by atoms with Crippen LogP contribution in [0.5, 0.6) is 0 Å². The number of benzene rings is 5. The van der Waals surface area contributed by atoms with Crippen LogP contribution in [-0.4, -0.2) is 87.2 Å². The Bertz CT molecular complexity index is 2730. The van der Waals surface area contributed by atoms with Crippen LogP contribution in [0.3, 0.4) is 0 Å². The predicted octanol–water partition coefficient (Wildman–Crippen LogP) is 17.2. The van der Waals surface area contributed by atoms with Crippen molar-refractivity contribution in [1.29, 1.82) is 0 Å². The molecule has 1 saturated heterocycles. The Labute approximate surface area is 516 Å². The Hall–Kier alpha value is -3.88. The number of hydrogen-bond donors (Lipinski definition) is 1. The van der Waals surface area contributed by atoms with Crippen LogP contribution >= 0.6 is 0 Å². The quantitative estimate of drug-likeness (QED) is 0.0302. The molecule has 0 bridgehead atoms. The summed E-state index contributed by atoms with van der Waals surface area (Å²) >= 11 is 0. The van der Waals surface area contributed by atoms with E-state index >= 15 is 8.42 Å². The molecule has 1 aliphatic rings. The van der Waals surface area contributed by atoms with E-state index in [1.807, 2.05) is 134 Å². The monoisotopic (exact) mass is 1220 g/mol. The zero-order chi connectivity index (χ0) is 61.4. The largest absolute Gasteiger partial charge is 0.411 e. The van der Waals surface area contributed by atoms with Crippen LogP contribution in [0.25, 0.3) is 0 Å². The van der Waals surface area contributed by atoms with Gasteiger partial charge in [-0.25, -0.2) is 13.1 Å². The maximum absolute atomic E-state index is 15.2. The number of rotatable bonds is 38. The molecule has 6 rings (SSSR count). The highest BCUT2D eigenvalue weighted by molar-refractivity contribution is 7.89. The molecule has 0 amide bonds. The summed E-state index contributed by atoms with van der Waals surface area (Å²) in [7, 11) is -9.46. The van der Waals surface area contributed by atoms with Gasteiger partial charge in [0.05, 0.1) is 62.8 Å². The zero-order valence-corrected chi connectivity index (χ0v) is 56.7. The summed E-state index contributed by atoms with van der Waals surface area (Å²) in [5.74, 6) is 0. The Balaban J connectivity index is 1.44. The molecule has 11 nitrogen and oxygen atoms in total. The summed E-state index contributed by atoms with van der Waals surface area (Å²) in [5, 5.41) is -0.390. The molecule has 2 unspecified atom stereocenters. The number of nitrogens with one attached hydrogen (secondary N) is 1. The molecule has 0 saturated carbocycles. The highest BCUT2D eigenvalue weighted by atomic mass is 32.2. The van der Waals surface area contributed by atoms with Gasteiger partial charge in [-0.05, 0) is 89.6 Å². The van der Waals surface area contributed by atoms with Crippen molar-refractivity contribution < 1.29 is 45.7 Å². The number of aryl methyl sites for hydroxylation is 1. The van der Waals surface area contributed by atoms with Gasteiger partial charge in [0.15, 0.2) is 22.9 Å². The van der Waals surface area contributed by atoms with Gasteiger partial charge >= 0.3 is 0 Å². The predicted molar refractivity (Wildman–Crippen MR) is 351 cm³/mol. The van der Waals surface area contributed by atoms with Crippen molar-refractivity contribution in [1.82, 2.24) is 4.72 Å². The molecule has 5 aromatic rings. The van der Waals surface area contributed by atoms with Crippen LogP contribution in [0.2, 0.25) is 36.3 Å². The van der Waals surface area contributed by atoms with E-state index in [0.717, 1.165) is 47.1 Å². The first-order chi connectivity index (χ1) is 40.6. The standard InChI is InChI=1S/C71H107NO10SSi2/c1-13-14-15-16-17-18-19-20-21-22-23-36-48-63(81-84(9,10)70(3,4)5)65(82-85(11,12)71(6,7)8)62(72-83(73,74)61-47-37-38-56(2)49-61)54-79-69-68(78-53-60-45-34-27-35-46-60)67(77-52-59-43-32-26-33-44-59)66(76-51-58-41-30-25-31-42-58)64(80-69)55-75-50-57-39-28-24-29-40-57/h24-35,37-47,49,62-69,72H,13-23,36,48,50-55H2,1-12H3/t62-,63+,64?,65-,66-,67+,68?,69-/m0/s1. The number of sulfonamides is 1. The van der Waals surface area contributed by atoms with Crippen molar-refractivity contribution in [3.05, 3.63) is 173 Å².